The SMILES string of the molecule is Cn1cc(CCNC(=O)Cc2ccc(CN)cc2)cn1. The van der Waals surface area contributed by atoms with Gasteiger partial charge in [-0.2, -0.15) is 5.10 Å². The first-order valence-corrected chi connectivity index (χ1v) is 6.69. The molecule has 2 rings (SSSR count). The summed E-state index contributed by atoms with van der Waals surface area (Å²) in [6.07, 6.45) is 4.97. The number of benzene rings is 1. The Morgan fingerprint density at radius 2 is 1.95 bits per heavy atom. The Hall–Kier alpha value is -2.14. The van der Waals surface area contributed by atoms with E-state index in [0.29, 0.717) is 19.5 Å². The molecular formula is C15H20N4O. The minimum Gasteiger partial charge on any atom is -0.355 e. The maximum atomic E-state index is 11.8. The van der Waals surface area contributed by atoms with E-state index < -0.39 is 0 Å². The molecule has 20 heavy (non-hydrogen) atoms. The molecule has 0 fully saturated rings. The second-order valence-corrected chi connectivity index (χ2v) is 4.82. The van der Waals surface area contributed by atoms with E-state index in [2.05, 4.69) is 10.4 Å². The summed E-state index contributed by atoms with van der Waals surface area (Å²) < 4.78 is 1.76. The third-order valence-corrected chi connectivity index (χ3v) is 3.12. The predicted molar refractivity (Wildman–Crippen MR) is 78.0 cm³/mol. The van der Waals surface area contributed by atoms with Crippen molar-refractivity contribution in [3.05, 3.63) is 53.3 Å². The number of aromatic nitrogens is 2. The van der Waals surface area contributed by atoms with Gasteiger partial charge in [-0.25, -0.2) is 0 Å². The molecule has 0 aliphatic heterocycles. The highest BCUT2D eigenvalue weighted by molar-refractivity contribution is 5.78. The van der Waals surface area contributed by atoms with Crippen LogP contribution in [0.5, 0.6) is 0 Å². The van der Waals surface area contributed by atoms with E-state index >= 15 is 0 Å². The fourth-order valence-corrected chi connectivity index (χ4v) is 1.99. The fraction of sp³-hybridized carbons (Fsp3) is 0.333. The normalized spacial score (nSPS) is 10.5. The molecule has 5 nitrogen and oxygen atoms in total. The van der Waals surface area contributed by atoms with Gasteiger partial charge in [-0.1, -0.05) is 24.3 Å². The van der Waals surface area contributed by atoms with Crippen LogP contribution in [0.25, 0.3) is 0 Å². The summed E-state index contributed by atoms with van der Waals surface area (Å²) in [6, 6.07) is 7.81. The van der Waals surface area contributed by atoms with Gasteiger partial charge in [0.15, 0.2) is 0 Å². The minimum atomic E-state index is 0.0365. The molecule has 1 aromatic heterocycles. The maximum Gasteiger partial charge on any atom is 0.224 e. The summed E-state index contributed by atoms with van der Waals surface area (Å²) in [5.41, 5.74) is 8.74. The van der Waals surface area contributed by atoms with Gasteiger partial charge in [0.1, 0.15) is 0 Å². The first-order chi connectivity index (χ1) is 9.67. The molecular weight excluding hydrogens is 252 g/mol. The van der Waals surface area contributed by atoms with E-state index in [9.17, 15) is 4.79 Å². The summed E-state index contributed by atoms with van der Waals surface area (Å²) >= 11 is 0. The number of amides is 1. The van der Waals surface area contributed by atoms with Crippen molar-refractivity contribution in [2.24, 2.45) is 12.8 Å². The number of hydrogen-bond donors (Lipinski definition) is 2. The highest BCUT2D eigenvalue weighted by atomic mass is 16.1. The summed E-state index contributed by atoms with van der Waals surface area (Å²) in [6.45, 7) is 1.16. The van der Waals surface area contributed by atoms with Crippen LogP contribution in [0.2, 0.25) is 0 Å². The zero-order chi connectivity index (χ0) is 14.4. The Bertz CT molecular complexity index is 560. The van der Waals surface area contributed by atoms with Gasteiger partial charge in [0, 0.05) is 26.3 Å². The van der Waals surface area contributed by atoms with Crippen molar-refractivity contribution < 1.29 is 4.79 Å². The molecule has 0 aliphatic rings. The summed E-state index contributed by atoms with van der Waals surface area (Å²) in [5.74, 6) is 0.0365. The summed E-state index contributed by atoms with van der Waals surface area (Å²) in [7, 11) is 1.88. The van der Waals surface area contributed by atoms with Crippen molar-refractivity contribution in [2.45, 2.75) is 19.4 Å². The standard InChI is InChI=1S/C15H20N4O/c1-19-11-14(10-18-19)6-7-17-15(20)8-12-2-4-13(9-16)5-3-12/h2-5,10-11H,6-9,16H2,1H3,(H,17,20). The number of carbonyl (C=O) groups is 1. The number of nitrogens with two attached hydrogens (primary N) is 1. The monoisotopic (exact) mass is 272 g/mol. The highest BCUT2D eigenvalue weighted by Gasteiger charge is 2.03. The molecule has 2 aromatic rings. The van der Waals surface area contributed by atoms with Gasteiger partial charge >= 0.3 is 0 Å². The molecule has 0 aliphatic carbocycles. The third-order valence-electron chi connectivity index (χ3n) is 3.12. The van der Waals surface area contributed by atoms with Crippen LogP contribution < -0.4 is 11.1 Å². The van der Waals surface area contributed by atoms with Gasteiger partial charge in [-0.15, -0.1) is 0 Å². The average Bonchev–Trinajstić information content (AvgIpc) is 2.85. The zero-order valence-electron chi connectivity index (χ0n) is 11.7. The van der Waals surface area contributed by atoms with Gasteiger partial charge in [0.2, 0.25) is 5.91 Å². The summed E-state index contributed by atoms with van der Waals surface area (Å²) in [5, 5.41) is 7.01. The Balaban J connectivity index is 1.74. The molecule has 1 amide bonds. The van der Waals surface area contributed by atoms with Gasteiger partial charge in [-0.3, -0.25) is 9.48 Å². The van der Waals surface area contributed by atoms with Crippen molar-refractivity contribution in [1.82, 2.24) is 15.1 Å². The number of rotatable bonds is 6. The molecule has 3 N–H and O–H groups in total. The van der Waals surface area contributed by atoms with E-state index in [4.69, 9.17) is 5.73 Å². The summed E-state index contributed by atoms with van der Waals surface area (Å²) in [4.78, 5) is 11.8. The number of hydrogen-bond acceptors (Lipinski definition) is 3. The second kappa shape index (κ2) is 6.86. The van der Waals surface area contributed by atoms with Crippen molar-refractivity contribution in [3.8, 4) is 0 Å². The van der Waals surface area contributed by atoms with Crippen LogP contribution in [0.1, 0.15) is 16.7 Å². The number of nitrogens with one attached hydrogen (secondary N) is 1. The van der Waals surface area contributed by atoms with E-state index in [1.165, 1.54) is 0 Å². The molecule has 0 saturated carbocycles. The lowest BCUT2D eigenvalue weighted by Gasteiger charge is -2.05. The molecule has 0 unspecified atom stereocenters. The van der Waals surface area contributed by atoms with Crippen LogP contribution in [0.15, 0.2) is 36.7 Å². The molecule has 106 valence electrons. The van der Waals surface area contributed by atoms with Gasteiger partial charge in [0.25, 0.3) is 0 Å². The van der Waals surface area contributed by atoms with Gasteiger partial charge in [0.05, 0.1) is 12.6 Å². The van der Waals surface area contributed by atoms with E-state index in [1.54, 1.807) is 4.68 Å². The number of carbonyl (C=O) groups excluding carboxylic acids is 1. The van der Waals surface area contributed by atoms with Crippen LogP contribution in [0, 0.1) is 0 Å². The Morgan fingerprint density at radius 1 is 1.25 bits per heavy atom. The van der Waals surface area contributed by atoms with E-state index in [0.717, 1.165) is 23.1 Å². The number of nitrogens with zero attached hydrogens (tertiary/aromatic N) is 2. The molecule has 0 radical (unpaired) electrons. The Kier molecular flexibility index (Phi) is 4.90. The highest BCUT2D eigenvalue weighted by Crippen LogP contribution is 2.04. The van der Waals surface area contributed by atoms with Gasteiger partial charge < -0.3 is 11.1 Å². The van der Waals surface area contributed by atoms with Crippen molar-refractivity contribution in [3.63, 3.8) is 0 Å². The smallest absolute Gasteiger partial charge is 0.224 e. The Labute approximate surface area is 118 Å². The van der Waals surface area contributed by atoms with Gasteiger partial charge in [-0.05, 0) is 23.1 Å². The van der Waals surface area contributed by atoms with E-state index in [-0.39, 0.29) is 5.91 Å². The molecule has 0 saturated heterocycles. The lowest BCUT2D eigenvalue weighted by molar-refractivity contribution is -0.120. The maximum absolute atomic E-state index is 11.8. The quantitative estimate of drug-likeness (QED) is 0.816. The van der Waals surface area contributed by atoms with Crippen LogP contribution in [-0.2, 0) is 31.2 Å². The van der Waals surface area contributed by atoms with Crippen LogP contribution in [0.3, 0.4) is 0 Å². The second-order valence-electron chi connectivity index (χ2n) is 4.82. The van der Waals surface area contributed by atoms with Crippen molar-refractivity contribution >= 4 is 5.91 Å². The largest absolute Gasteiger partial charge is 0.355 e. The molecule has 1 heterocycles. The topological polar surface area (TPSA) is 72.9 Å². The number of aryl methyl sites for hydroxylation is 1. The van der Waals surface area contributed by atoms with Crippen LogP contribution in [-0.4, -0.2) is 22.2 Å². The average molecular weight is 272 g/mol. The first kappa shape index (κ1) is 14.3. The third kappa shape index (κ3) is 4.20. The molecule has 5 heteroatoms. The molecule has 1 aromatic carbocycles. The van der Waals surface area contributed by atoms with E-state index in [1.807, 2.05) is 43.7 Å². The van der Waals surface area contributed by atoms with Crippen molar-refractivity contribution in [2.75, 3.05) is 6.54 Å². The van der Waals surface area contributed by atoms with Crippen LogP contribution in [0.4, 0.5) is 0 Å². The Morgan fingerprint density at radius 3 is 2.55 bits per heavy atom. The van der Waals surface area contributed by atoms with Crippen LogP contribution >= 0.6 is 0 Å². The molecule has 0 bridgehead atoms. The molecule has 0 atom stereocenters. The van der Waals surface area contributed by atoms with Crippen molar-refractivity contribution in [1.29, 1.82) is 0 Å². The fourth-order valence-electron chi connectivity index (χ4n) is 1.99. The molecule has 0 spiro atoms. The lowest BCUT2D eigenvalue weighted by Crippen LogP contribution is -2.27. The minimum absolute atomic E-state index is 0.0365. The lowest BCUT2D eigenvalue weighted by atomic mass is 10.1. The zero-order valence-corrected chi connectivity index (χ0v) is 11.7. The first-order valence-electron chi connectivity index (χ1n) is 6.69. The predicted octanol–water partition coefficient (Wildman–Crippen LogP) is 0.780.